The summed E-state index contributed by atoms with van der Waals surface area (Å²) >= 11 is 0. The lowest BCUT2D eigenvalue weighted by atomic mass is 10.9. The van der Waals surface area contributed by atoms with Crippen molar-refractivity contribution in [1.29, 1.82) is 5.41 Å². The number of hydrogen-bond donors (Lipinski definition) is 4. The lowest BCUT2D eigenvalue weighted by Crippen LogP contribution is -2.23. The Morgan fingerprint density at radius 3 is 2.18 bits per heavy atom. The van der Waals surface area contributed by atoms with E-state index in [4.69, 9.17) is 22.6 Å². The van der Waals surface area contributed by atoms with E-state index >= 15 is 0 Å². The van der Waals surface area contributed by atoms with Crippen molar-refractivity contribution in [2.45, 2.75) is 0 Å². The molecule has 0 amide bonds. The summed E-state index contributed by atoms with van der Waals surface area (Å²) < 4.78 is 0.940. The zero-order valence-corrected chi connectivity index (χ0v) is 6.30. The molecule has 0 aliphatic rings. The van der Waals surface area contributed by atoms with Gasteiger partial charge in [-0.2, -0.15) is 9.67 Å². The van der Waals surface area contributed by atoms with Gasteiger partial charge in [-0.3, -0.25) is 5.41 Å². The van der Waals surface area contributed by atoms with E-state index in [1.165, 1.54) is 0 Å². The largest absolute Gasteiger partial charge is 0.368 e. The predicted octanol–water partition coefficient (Wildman–Crippen LogP) is -1.39. The number of hydrogen-bond acceptors (Lipinski definition) is 5. The molecule has 0 bridgehead atoms. The van der Waals surface area contributed by atoms with Crippen LogP contribution in [0.3, 0.4) is 0 Å². The van der Waals surface area contributed by atoms with Gasteiger partial charge in [0.25, 0.3) is 0 Å². The zero-order valence-electron chi connectivity index (χ0n) is 5.48. The van der Waals surface area contributed by atoms with Crippen LogP contribution in [0.4, 0.5) is 11.9 Å². The van der Waals surface area contributed by atoms with Crippen LogP contribution in [0.15, 0.2) is 0 Å². The third-order valence-corrected chi connectivity index (χ3v) is 0.877. The number of halogens is 1. The third kappa shape index (κ3) is 1.71. The van der Waals surface area contributed by atoms with E-state index in [-0.39, 0.29) is 30.3 Å². The molecule has 0 saturated carbocycles. The maximum atomic E-state index is 6.89. The van der Waals surface area contributed by atoms with Gasteiger partial charge in [0, 0.05) is 0 Å². The number of nitrogens with zero attached hydrogens (tertiary/aromatic N) is 3. The van der Waals surface area contributed by atoms with Crippen LogP contribution in [0.1, 0.15) is 0 Å². The molecule has 0 saturated heterocycles. The molecule has 0 aromatic carbocycles. The molecule has 0 radical (unpaired) electrons. The van der Waals surface area contributed by atoms with Crippen molar-refractivity contribution in [3.63, 3.8) is 0 Å². The summed E-state index contributed by atoms with van der Waals surface area (Å²) in [6.45, 7) is 0. The molecule has 0 atom stereocenters. The summed E-state index contributed by atoms with van der Waals surface area (Å²) in [7, 11) is 0. The van der Waals surface area contributed by atoms with Crippen LogP contribution in [0.2, 0.25) is 0 Å². The number of nitrogens with one attached hydrogen (secondary N) is 1. The molecule has 0 unspecified atom stereocenters. The lowest BCUT2D eigenvalue weighted by molar-refractivity contribution is 0.926. The van der Waals surface area contributed by atoms with Crippen molar-refractivity contribution in [3.05, 3.63) is 0 Å². The molecular formula is C3H8ClN7. The first-order valence-electron chi connectivity index (χ1n) is 2.43. The number of anilines is 2. The quantitative estimate of drug-likeness (QED) is 0.286. The Kier molecular flexibility index (Phi) is 2.64. The topological polar surface area (TPSA) is 133 Å². The van der Waals surface area contributed by atoms with Crippen molar-refractivity contribution in [1.82, 2.24) is 14.8 Å². The summed E-state index contributed by atoms with van der Waals surface area (Å²) in [5.41, 5.74) is 15.4. The van der Waals surface area contributed by atoms with Crippen molar-refractivity contribution in [3.8, 4) is 0 Å². The van der Waals surface area contributed by atoms with E-state index in [9.17, 15) is 0 Å². The minimum absolute atomic E-state index is 0. The Morgan fingerprint density at radius 1 is 1.45 bits per heavy atom. The number of nitrogen functional groups attached to an aromatic ring is 3. The monoisotopic (exact) mass is 177 g/mol. The summed E-state index contributed by atoms with van der Waals surface area (Å²) in [5, 5.41) is 10.4. The standard InChI is InChI=1S/C3H7N7.ClH/c4-1(5)10-3(7)8-2(6)9-10;/h(H3,4,5)(H4,6,7,8,9);1H. The molecule has 8 heteroatoms. The molecule has 11 heavy (non-hydrogen) atoms. The van der Waals surface area contributed by atoms with E-state index in [0.29, 0.717) is 0 Å². The van der Waals surface area contributed by atoms with Gasteiger partial charge in [0.2, 0.25) is 17.9 Å². The molecule has 1 aromatic rings. The van der Waals surface area contributed by atoms with E-state index < -0.39 is 0 Å². The molecule has 7 nitrogen and oxygen atoms in total. The molecule has 1 rings (SSSR count). The summed E-state index contributed by atoms with van der Waals surface area (Å²) in [6.07, 6.45) is 0. The van der Waals surface area contributed by atoms with Crippen LogP contribution in [0, 0.1) is 5.41 Å². The fourth-order valence-electron chi connectivity index (χ4n) is 0.518. The molecule has 62 valence electrons. The molecule has 0 aliphatic carbocycles. The first kappa shape index (κ1) is 9.50. The number of rotatable bonds is 0. The molecule has 0 fully saturated rings. The number of nitrogens with two attached hydrogens (primary N) is 3. The Labute approximate surface area is 68.5 Å². The van der Waals surface area contributed by atoms with E-state index in [2.05, 4.69) is 10.1 Å². The van der Waals surface area contributed by atoms with Crippen molar-refractivity contribution >= 4 is 30.3 Å². The Balaban J connectivity index is 0.000001000. The van der Waals surface area contributed by atoms with E-state index in [0.717, 1.165) is 4.68 Å². The average Bonchev–Trinajstić information content (AvgIpc) is 2.10. The number of aromatic nitrogens is 3. The second-order valence-electron chi connectivity index (χ2n) is 1.63. The normalized spacial score (nSPS) is 8.73. The predicted molar refractivity (Wildman–Crippen MR) is 43.4 cm³/mol. The van der Waals surface area contributed by atoms with Crippen LogP contribution >= 0.6 is 12.4 Å². The fourth-order valence-corrected chi connectivity index (χ4v) is 0.518. The van der Waals surface area contributed by atoms with Gasteiger partial charge in [-0.05, 0) is 0 Å². The van der Waals surface area contributed by atoms with Gasteiger partial charge in [-0.25, -0.2) is 0 Å². The van der Waals surface area contributed by atoms with E-state index in [1.807, 2.05) is 0 Å². The molecule has 1 aromatic heterocycles. The Hall–Kier alpha value is -1.50. The first-order valence-corrected chi connectivity index (χ1v) is 2.43. The Bertz CT molecular complexity index is 265. The van der Waals surface area contributed by atoms with Crippen LogP contribution in [0.5, 0.6) is 0 Å². The Morgan fingerprint density at radius 2 is 2.00 bits per heavy atom. The second kappa shape index (κ2) is 3.06. The van der Waals surface area contributed by atoms with Gasteiger partial charge in [-0.15, -0.1) is 17.5 Å². The highest BCUT2D eigenvalue weighted by atomic mass is 35.5. The van der Waals surface area contributed by atoms with Crippen molar-refractivity contribution in [2.24, 2.45) is 5.73 Å². The van der Waals surface area contributed by atoms with Crippen LogP contribution < -0.4 is 17.2 Å². The SMILES string of the molecule is Cl.N=C(N)n1nc(N)nc1N. The van der Waals surface area contributed by atoms with Gasteiger partial charge in [0.15, 0.2) is 0 Å². The molecule has 7 N–H and O–H groups in total. The average molecular weight is 178 g/mol. The van der Waals surface area contributed by atoms with Crippen LogP contribution in [0.25, 0.3) is 0 Å². The summed E-state index contributed by atoms with van der Waals surface area (Å²) in [6, 6.07) is 0. The first-order chi connectivity index (χ1) is 4.61. The van der Waals surface area contributed by atoms with E-state index in [1.54, 1.807) is 0 Å². The zero-order chi connectivity index (χ0) is 7.72. The minimum atomic E-state index is -0.304. The maximum Gasteiger partial charge on any atom is 0.241 e. The highest BCUT2D eigenvalue weighted by Gasteiger charge is 2.04. The summed E-state index contributed by atoms with van der Waals surface area (Å²) in [4.78, 5) is 3.52. The maximum absolute atomic E-state index is 6.89. The second-order valence-corrected chi connectivity index (χ2v) is 1.63. The van der Waals surface area contributed by atoms with Crippen LogP contribution in [-0.2, 0) is 0 Å². The molecule has 0 spiro atoms. The van der Waals surface area contributed by atoms with Gasteiger partial charge in [0.1, 0.15) is 0 Å². The van der Waals surface area contributed by atoms with Gasteiger partial charge >= 0.3 is 0 Å². The summed E-state index contributed by atoms with van der Waals surface area (Å²) in [5.74, 6) is -0.278. The van der Waals surface area contributed by atoms with Crippen LogP contribution in [-0.4, -0.2) is 20.7 Å². The highest BCUT2D eigenvalue weighted by Crippen LogP contribution is 1.97. The van der Waals surface area contributed by atoms with Gasteiger partial charge in [0.05, 0.1) is 0 Å². The third-order valence-electron chi connectivity index (χ3n) is 0.877. The van der Waals surface area contributed by atoms with Crippen molar-refractivity contribution < 1.29 is 0 Å². The lowest BCUT2D eigenvalue weighted by Gasteiger charge is -1.94. The van der Waals surface area contributed by atoms with Gasteiger partial charge in [-0.1, -0.05) is 0 Å². The van der Waals surface area contributed by atoms with Crippen molar-refractivity contribution in [2.75, 3.05) is 11.5 Å². The highest BCUT2D eigenvalue weighted by molar-refractivity contribution is 5.85. The minimum Gasteiger partial charge on any atom is -0.368 e. The smallest absolute Gasteiger partial charge is 0.241 e. The molecular weight excluding hydrogens is 170 g/mol. The molecule has 1 heterocycles. The fraction of sp³-hybridized carbons (Fsp3) is 0. The van der Waals surface area contributed by atoms with Gasteiger partial charge < -0.3 is 17.2 Å². The molecule has 0 aliphatic heterocycles.